The number of ether oxygens (including phenoxy) is 1. The van der Waals surface area contributed by atoms with Gasteiger partial charge >= 0.3 is 0 Å². The maximum Gasteiger partial charge on any atom is 0.265 e. The van der Waals surface area contributed by atoms with E-state index in [0.29, 0.717) is 24.3 Å². The average Bonchev–Trinajstić information content (AvgIpc) is 3.22. The van der Waals surface area contributed by atoms with Crippen LogP contribution in [0.5, 0.6) is 5.75 Å². The molecule has 4 rings (SSSR count). The Kier molecular flexibility index (Phi) is 6.71. The van der Waals surface area contributed by atoms with E-state index in [9.17, 15) is 13.2 Å². The van der Waals surface area contributed by atoms with Crippen molar-refractivity contribution < 1.29 is 17.9 Å². The maximum atomic E-state index is 13.2. The first kappa shape index (κ1) is 22.6. The van der Waals surface area contributed by atoms with Gasteiger partial charge in [-0.2, -0.15) is 0 Å². The lowest BCUT2D eigenvalue weighted by Crippen LogP contribution is -2.32. The molecule has 0 atom stereocenters. The molecule has 0 saturated carbocycles. The number of nitrogens with zero attached hydrogens (tertiary/aromatic N) is 2. The molecule has 2 fully saturated rings. The highest BCUT2D eigenvalue weighted by atomic mass is 32.2. The summed E-state index contributed by atoms with van der Waals surface area (Å²) >= 11 is 0. The molecule has 7 nitrogen and oxygen atoms in total. The second-order valence-electron chi connectivity index (χ2n) is 8.75. The molecule has 0 aliphatic carbocycles. The van der Waals surface area contributed by atoms with E-state index in [2.05, 4.69) is 16.5 Å². The number of likely N-dealkylation sites (tertiary alicyclic amines) is 1. The van der Waals surface area contributed by atoms with Crippen LogP contribution in [0.4, 0.5) is 11.4 Å². The van der Waals surface area contributed by atoms with Crippen molar-refractivity contribution in [1.29, 1.82) is 0 Å². The summed E-state index contributed by atoms with van der Waals surface area (Å²) in [6.07, 6.45) is 3.70. The van der Waals surface area contributed by atoms with Crippen LogP contribution in [-0.4, -0.2) is 46.0 Å². The lowest BCUT2D eigenvalue weighted by molar-refractivity contribution is -0.117. The van der Waals surface area contributed by atoms with Crippen molar-refractivity contribution in [2.75, 3.05) is 36.4 Å². The van der Waals surface area contributed by atoms with Gasteiger partial charge in [0, 0.05) is 30.9 Å². The van der Waals surface area contributed by atoms with Crippen LogP contribution in [0.1, 0.15) is 38.2 Å². The molecule has 2 aliphatic rings. The van der Waals surface area contributed by atoms with E-state index < -0.39 is 10.0 Å². The molecule has 1 amide bonds. The van der Waals surface area contributed by atoms with E-state index in [-0.39, 0.29) is 16.6 Å². The molecule has 0 spiro atoms. The summed E-state index contributed by atoms with van der Waals surface area (Å²) in [5.41, 5.74) is 2.22. The Morgan fingerprint density at radius 3 is 2.41 bits per heavy atom. The molecule has 2 aliphatic heterocycles. The van der Waals surface area contributed by atoms with Crippen molar-refractivity contribution in [2.45, 2.75) is 44.0 Å². The van der Waals surface area contributed by atoms with Gasteiger partial charge in [0.1, 0.15) is 10.6 Å². The summed E-state index contributed by atoms with van der Waals surface area (Å²) in [6.45, 7) is 5.97. The predicted molar refractivity (Wildman–Crippen MR) is 126 cm³/mol. The number of carbonyl (C=O) groups is 1. The van der Waals surface area contributed by atoms with Crippen molar-refractivity contribution >= 4 is 27.3 Å². The minimum absolute atomic E-state index is 0.00484. The fourth-order valence-electron chi connectivity index (χ4n) is 4.33. The average molecular weight is 458 g/mol. The molecule has 2 saturated heterocycles. The van der Waals surface area contributed by atoms with Gasteiger partial charge in [-0.25, -0.2) is 8.42 Å². The van der Waals surface area contributed by atoms with Crippen LogP contribution in [-0.2, 0) is 21.4 Å². The van der Waals surface area contributed by atoms with Crippen LogP contribution < -0.4 is 14.4 Å². The number of hydrogen-bond acceptors (Lipinski definition) is 5. The Morgan fingerprint density at radius 1 is 1.06 bits per heavy atom. The molecule has 2 heterocycles. The van der Waals surface area contributed by atoms with Gasteiger partial charge in [-0.1, -0.05) is 19.1 Å². The molecule has 0 unspecified atom stereocenters. The summed E-state index contributed by atoms with van der Waals surface area (Å²) in [5, 5.41) is 0. The van der Waals surface area contributed by atoms with Gasteiger partial charge in [0.25, 0.3) is 10.0 Å². The van der Waals surface area contributed by atoms with Crippen LogP contribution in [0.15, 0.2) is 47.4 Å². The molecule has 0 aromatic heterocycles. The zero-order chi connectivity index (χ0) is 22.7. The molecule has 0 bridgehead atoms. The summed E-state index contributed by atoms with van der Waals surface area (Å²) in [4.78, 5) is 16.2. The third kappa shape index (κ3) is 5.07. The topological polar surface area (TPSA) is 78.9 Å². The van der Waals surface area contributed by atoms with E-state index >= 15 is 0 Å². The van der Waals surface area contributed by atoms with Crippen molar-refractivity contribution in [3.05, 3.63) is 48.0 Å². The smallest absolute Gasteiger partial charge is 0.265 e. The lowest BCUT2D eigenvalue weighted by atomic mass is 9.99. The number of benzene rings is 2. The quantitative estimate of drug-likeness (QED) is 0.683. The standard InChI is InChI=1S/C24H31N3O4S/c1-18-11-14-26(15-12-18)17-19-5-7-20(8-6-19)25-32(29,30)23-16-21(9-10-22(23)31-2)27-13-3-4-24(27)28/h5-10,16,18,25H,3-4,11-15,17H2,1-2H3. The van der Waals surface area contributed by atoms with E-state index in [4.69, 9.17) is 4.74 Å². The molecule has 8 heteroatoms. The fraction of sp³-hybridized carbons (Fsp3) is 0.458. The molecule has 0 radical (unpaired) electrons. The summed E-state index contributed by atoms with van der Waals surface area (Å²) in [6, 6.07) is 12.3. The van der Waals surface area contributed by atoms with Gasteiger partial charge in [-0.3, -0.25) is 14.4 Å². The number of nitrogens with one attached hydrogen (secondary N) is 1. The van der Waals surface area contributed by atoms with Crippen LogP contribution >= 0.6 is 0 Å². The number of rotatable bonds is 7. The number of methoxy groups -OCH3 is 1. The van der Waals surface area contributed by atoms with Gasteiger partial charge < -0.3 is 9.64 Å². The first-order chi connectivity index (χ1) is 15.4. The molecular weight excluding hydrogens is 426 g/mol. The van der Waals surface area contributed by atoms with Gasteiger partial charge in [0.15, 0.2) is 0 Å². The molecule has 172 valence electrons. The SMILES string of the molecule is COc1ccc(N2CCCC2=O)cc1S(=O)(=O)Nc1ccc(CN2CCC(C)CC2)cc1. The lowest BCUT2D eigenvalue weighted by Gasteiger charge is -2.30. The van der Waals surface area contributed by atoms with Crippen LogP contribution in [0.2, 0.25) is 0 Å². The number of amides is 1. The largest absolute Gasteiger partial charge is 0.495 e. The molecule has 2 aromatic carbocycles. The number of sulfonamides is 1. The Hall–Kier alpha value is -2.58. The second-order valence-corrected chi connectivity index (χ2v) is 10.4. The minimum Gasteiger partial charge on any atom is -0.495 e. The normalized spacial score (nSPS) is 18.2. The molecule has 2 aromatic rings. The van der Waals surface area contributed by atoms with Gasteiger partial charge in [-0.15, -0.1) is 0 Å². The van der Waals surface area contributed by atoms with Crippen molar-refractivity contribution in [2.24, 2.45) is 5.92 Å². The predicted octanol–water partition coefficient (Wildman–Crippen LogP) is 3.85. The van der Waals surface area contributed by atoms with E-state index in [1.54, 1.807) is 29.2 Å². The van der Waals surface area contributed by atoms with Gasteiger partial charge in [0.2, 0.25) is 5.91 Å². The number of hydrogen-bond donors (Lipinski definition) is 1. The number of piperidine rings is 1. The van der Waals surface area contributed by atoms with Gasteiger partial charge in [0.05, 0.1) is 7.11 Å². The van der Waals surface area contributed by atoms with E-state index in [0.717, 1.165) is 37.5 Å². The van der Waals surface area contributed by atoms with Crippen LogP contribution in [0.3, 0.4) is 0 Å². The Labute approximate surface area is 190 Å². The van der Waals surface area contributed by atoms with Crippen LogP contribution in [0, 0.1) is 5.92 Å². The van der Waals surface area contributed by atoms with Crippen molar-refractivity contribution in [3.63, 3.8) is 0 Å². The summed E-state index contributed by atoms with van der Waals surface area (Å²) in [7, 11) is -2.46. The zero-order valence-corrected chi connectivity index (χ0v) is 19.5. The van der Waals surface area contributed by atoms with Crippen LogP contribution in [0.25, 0.3) is 0 Å². The zero-order valence-electron chi connectivity index (χ0n) is 18.7. The molecular formula is C24H31N3O4S. The Morgan fingerprint density at radius 2 is 1.78 bits per heavy atom. The molecule has 32 heavy (non-hydrogen) atoms. The first-order valence-corrected chi connectivity index (χ1v) is 12.7. The van der Waals surface area contributed by atoms with E-state index in [1.165, 1.54) is 26.0 Å². The third-order valence-electron chi connectivity index (χ3n) is 6.31. The number of anilines is 2. The second kappa shape index (κ2) is 9.50. The Balaban J connectivity index is 1.49. The molecule has 1 N–H and O–H groups in total. The van der Waals surface area contributed by atoms with E-state index in [1.807, 2.05) is 12.1 Å². The van der Waals surface area contributed by atoms with Gasteiger partial charge in [-0.05, 0) is 74.2 Å². The van der Waals surface area contributed by atoms with Crippen molar-refractivity contribution in [3.8, 4) is 5.75 Å². The van der Waals surface area contributed by atoms with Crippen molar-refractivity contribution in [1.82, 2.24) is 4.90 Å². The Bertz CT molecular complexity index is 1060. The monoisotopic (exact) mass is 457 g/mol. The highest BCUT2D eigenvalue weighted by molar-refractivity contribution is 7.92. The first-order valence-electron chi connectivity index (χ1n) is 11.2. The minimum atomic E-state index is -3.90. The highest BCUT2D eigenvalue weighted by Gasteiger charge is 2.26. The fourth-order valence-corrected chi connectivity index (χ4v) is 5.58. The number of carbonyl (C=O) groups excluding carboxylic acids is 1. The highest BCUT2D eigenvalue weighted by Crippen LogP contribution is 2.32. The maximum absolute atomic E-state index is 13.2. The summed E-state index contributed by atoms with van der Waals surface area (Å²) < 4.78 is 34.3. The third-order valence-corrected chi connectivity index (χ3v) is 7.71. The summed E-state index contributed by atoms with van der Waals surface area (Å²) in [5.74, 6) is 1.04.